The van der Waals surface area contributed by atoms with Crippen LogP contribution < -0.4 is 11.5 Å². The second-order valence-corrected chi connectivity index (χ2v) is 8.99. The van der Waals surface area contributed by atoms with Gasteiger partial charge in [0.1, 0.15) is 7.85 Å². The molecule has 0 saturated carbocycles. The van der Waals surface area contributed by atoms with Crippen molar-refractivity contribution in [3.8, 4) is 0 Å². The first-order chi connectivity index (χ1) is 10.0. The van der Waals surface area contributed by atoms with Gasteiger partial charge in [-0.3, -0.25) is 0 Å². The second kappa shape index (κ2) is 9.98. The third kappa shape index (κ3) is 11.5. The number of hydrogen-bond acceptors (Lipinski definition) is 2. The van der Waals surface area contributed by atoms with Crippen molar-refractivity contribution in [1.29, 1.82) is 0 Å². The van der Waals surface area contributed by atoms with E-state index in [1.165, 1.54) is 57.8 Å². The molecule has 0 spiro atoms. The average Bonchev–Trinajstić information content (AvgIpc) is 2.41. The van der Waals surface area contributed by atoms with Crippen LogP contribution in [-0.2, 0) is 0 Å². The zero-order chi connectivity index (χ0) is 17.3. The molecule has 0 saturated heterocycles. The zero-order valence-corrected chi connectivity index (χ0v) is 16.4. The summed E-state index contributed by atoms with van der Waals surface area (Å²) in [6.45, 7) is 11.2. The van der Waals surface area contributed by atoms with Gasteiger partial charge in [-0.15, -0.1) is 0 Å². The fraction of sp³-hybridized carbons (Fsp3) is 1.00. The van der Waals surface area contributed by atoms with Crippen molar-refractivity contribution in [2.45, 2.75) is 122 Å². The minimum atomic E-state index is 0.0245. The highest BCUT2D eigenvalue weighted by molar-refractivity contribution is 6.14. The number of hydrogen-bond donors (Lipinski definition) is 2. The predicted molar refractivity (Wildman–Crippen MR) is 104 cm³/mol. The molecule has 4 N–H and O–H groups in total. The largest absolute Gasteiger partial charge is 0.325 e. The normalized spacial score (nSPS) is 20.1. The molecule has 3 heteroatoms. The maximum absolute atomic E-state index is 6.38. The molecule has 0 aromatic rings. The van der Waals surface area contributed by atoms with Crippen LogP contribution in [0.25, 0.3) is 0 Å². The molecule has 3 atom stereocenters. The Hall–Kier alpha value is -0.0151. The van der Waals surface area contributed by atoms with Gasteiger partial charge in [0.05, 0.1) is 0 Å². The molecule has 3 unspecified atom stereocenters. The molecule has 0 aliphatic carbocycles. The van der Waals surface area contributed by atoms with Gasteiger partial charge in [-0.1, -0.05) is 71.0 Å². The first-order valence-electron chi connectivity index (χ1n) is 9.61. The Bertz CT molecular complexity index is 285. The Labute approximate surface area is 141 Å². The van der Waals surface area contributed by atoms with Crippen molar-refractivity contribution >= 4 is 7.85 Å². The van der Waals surface area contributed by atoms with Crippen LogP contribution in [0.1, 0.15) is 105 Å². The van der Waals surface area contributed by atoms with E-state index in [4.69, 9.17) is 11.5 Å². The number of unbranched alkanes of at least 4 members (excludes halogenated alkanes) is 2. The highest BCUT2D eigenvalue weighted by Gasteiger charge is 2.22. The van der Waals surface area contributed by atoms with E-state index in [2.05, 4.69) is 42.5 Å². The summed E-state index contributed by atoms with van der Waals surface area (Å²) in [5.41, 5.74) is 12.7. The Kier molecular flexibility index (Phi) is 9.97. The van der Waals surface area contributed by atoms with E-state index in [1.807, 2.05) is 0 Å². The van der Waals surface area contributed by atoms with Gasteiger partial charge in [0.2, 0.25) is 0 Å². The van der Waals surface area contributed by atoms with Crippen LogP contribution in [0.4, 0.5) is 0 Å². The third-order valence-corrected chi connectivity index (χ3v) is 5.36. The highest BCUT2D eigenvalue weighted by atomic mass is 14.7. The van der Waals surface area contributed by atoms with Gasteiger partial charge in [-0.05, 0) is 39.5 Å². The topological polar surface area (TPSA) is 52.0 Å². The molecule has 0 aromatic carbocycles. The summed E-state index contributed by atoms with van der Waals surface area (Å²) in [6.07, 6.45) is 13.5. The summed E-state index contributed by atoms with van der Waals surface area (Å²) in [6, 6.07) is 0. The van der Waals surface area contributed by atoms with Crippen molar-refractivity contribution in [2.75, 3.05) is 0 Å². The van der Waals surface area contributed by atoms with Crippen LogP contribution in [0.2, 0.25) is 5.31 Å². The fourth-order valence-corrected chi connectivity index (χ4v) is 3.11. The molecule has 0 rings (SSSR count). The van der Waals surface area contributed by atoms with E-state index < -0.39 is 0 Å². The molecule has 0 amide bonds. The molecule has 2 nitrogen and oxygen atoms in total. The molecule has 132 valence electrons. The SMILES string of the molecule is BC(C)(CCCCC(C)(N)CCCC)CCCC(C)(N)CC. The Morgan fingerprint density at radius 1 is 0.682 bits per heavy atom. The molecule has 22 heavy (non-hydrogen) atoms. The maximum Gasteiger partial charge on any atom is 0.109 e. The fourth-order valence-electron chi connectivity index (χ4n) is 3.11. The molecular formula is C19H43BN2. The molecule has 0 radical (unpaired) electrons. The summed E-state index contributed by atoms with van der Waals surface area (Å²) in [5.74, 6) is 0. The Morgan fingerprint density at radius 2 is 1.14 bits per heavy atom. The van der Waals surface area contributed by atoms with E-state index in [0.29, 0.717) is 5.31 Å². The third-order valence-electron chi connectivity index (χ3n) is 5.36. The summed E-state index contributed by atoms with van der Waals surface area (Å²) in [5, 5.41) is 0.443. The van der Waals surface area contributed by atoms with Gasteiger partial charge < -0.3 is 11.5 Å². The lowest BCUT2D eigenvalue weighted by Crippen LogP contribution is -2.35. The van der Waals surface area contributed by atoms with Crippen molar-refractivity contribution in [1.82, 2.24) is 0 Å². The highest BCUT2D eigenvalue weighted by Crippen LogP contribution is 2.35. The standard InChI is InChI=1S/C19H43BN2/c1-6-8-14-19(5,22)15-10-9-12-17(3,20)13-11-16-18(4,21)7-2/h6-16,20-22H2,1-5H3. The van der Waals surface area contributed by atoms with Crippen LogP contribution >= 0.6 is 0 Å². The van der Waals surface area contributed by atoms with Gasteiger partial charge in [0.25, 0.3) is 0 Å². The number of rotatable bonds is 13. The van der Waals surface area contributed by atoms with Crippen molar-refractivity contribution in [3.63, 3.8) is 0 Å². The van der Waals surface area contributed by atoms with Gasteiger partial charge in [-0.25, -0.2) is 0 Å². The summed E-state index contributed by atoms with van der Waals surface area (Å²) in [4.78, 5) is 0. The molecule has 0 bridgehead atoms. The first kappa shape index (κ1) is 22.0. The van der Waals surface area contributed by atoms with Crippen molar-refractivity contribution in [3.05, 3.63) is 0 Å². The number of nitrogens with two attached hydrogens (primary N) is 2. The predicted octanol–water partition coefficient (Wildman–Crippen LogP) is 4.56. The van der Waals surface area contributed by atoms with Crippen LogP contribution in [0, 0.1) is 0 Å². The second-order valence-electron chi connectivity index (χ2n) is 8.99. The van der Waals surface area contributed by atoms with E-state index in [0.717, 1.165) is 12.8 Å². The summed E-state index contributed by atoms with van der Waals surface area (Å²) in [7, 11) is 2.41. The lowest BCUT2D eigenvalue weighted by atomic mass is 9.64. The molecule has 0 heterocycles. The van der Waals surface area contributed by atoms with E-state index in [-0.39, 0.29) is 11.1 Å². The van der Waals surface area contributed by atoms with Gasteiger partial charge >= 0.3 is 0 Å². The average molecular weight is 310 g/mol. The Balaban J connectivity index is 3.88. The lowest BCUT2D eigenvalue weighted by molar-refractivity contribution is 0.352. The smallest absolute Gasteiger partial charge is 0.109 e. The van der Waals surface area contributed by atoms with Crippen molar-refractivity contribution < 1.29 is 0 Å². The minimum absolute atomic E-state index is 0.0245. The van der Waals surface area contributed by atoms with Gasteiger partial charge in [0.15, 0.2) is 0 Å². The minimum Gasteiger partial charge on any atom is -0.325 e. The quantitative estimate of drug-likeness (QED) is 0.387. The van der Waals surface area contributed by atoms with Crippen LogP contribution in [-0.4, -0.2) is 18.9 Å². The monoisotopic (exact) mass is 310 g/mol. The van der Waals surface area contributed by atoms with E-state index >= 15 is 0 Å². The molecule has 0 aliphatic heterocycles. The van der Waals surface area contributed by atoms with Crippen LogP contribution in [0.15, 0.2) is 0 Å². The molecule has 0 aromatic heterocycles. The summed E-state index contributed by atoms with van der Waals surface area (Å²) >= 11 is 0. The zero-order valence-electron chi connectivity index (χ0n) is 16.4. The van der Waals surface area contributed by atoms with Gasteiger partial charge in [-0.2, -0.15) is 0 Å². The molecular weight excluding hydrogens is 267 g/mol. The van der Waals surface area contributed by atoms with Crippen LogP contribution in [0.3, 0.4) is 0 Å². The van der Waals surface area contributed by atoms with E-state index in [9.17, 15) is 0 Å². The molecule has 0 aliphatic rings. The Morgan fingerprint density at radius 3 is 1.68 bits per heavy atom. The van der Waals surface area contributed by atoms with Crippen LogP contribution in [0.5, 0.6) is 0 Å². The van der Waals surface area contributed by atoms with Crippen molar-refractivity contribution in [2.24, 2.45) is 11.5 Å². The van der Waals surface area contributed by atoms with Gasteiger partial charge in [0, 0.05) is 11.1 Å². The summed E-state index contributed by atoms with van der Waals surface area (Å²) < 4.78 is 0. The lowest BCUT2D eigenvalue weighted by Gasteiger charge is -2.29. The molecule has 0 fully saturated rings. The first-order valence-corrected chi connectivity index (χ1v) is 9.61. The maximum atomic E-state index is 6.38. The van der Waals surface area contributed by atoms with E-state index in [1.54, 1.807) is 0 Å².